The fraction of sp³-hybridized carbons (Fsp3) is 0.636. The number of rotatable bonds is 10. The smallest absolute Gasteiger partial charge is 0.377 e. The van der Waals surface area contributed by atoms with Gasteiger partial charge in [0.2, 0.25) is 0 Å². The maximum atomic E-state index is 11.0. The third kappa shape index (κ3) is 6.74. The Balaban J connectivity index is 1.53. The molecule has 2 aliphatic rings. The summed E-state index contributed by atoms with van der Waals surface area (Å²) in [5.41, 5.74) is 9.88. The fourth-order valence-electron chi connectivity index (χ4n) is 4.78. The van der Waals surface area contributed by atoms with Gasteiger partial charge in [0.15, 0.2) is 0 Å². The molecule has 0 amide bonds. The molecule has 0 saturated heterocycles. The van der Waals surface area contributed by atoms with E-state index < -0.39 is 13.4 Å². The Kier molecular flexibility index (Phi) is 7.71. The highest BCUT2D eigenvalue weighted by molar-refractivity contribution is 7.46. The van der Waals surface area contributed by atoms with Gasteiger partial charge >= 0.3 is 7.82 Å². The number of phosphoric acid groups is 1. The Morgan fingerprint density at radius 3 is 2.90 bits per heavy atom. The molecule has 0 aliphatic heterocycles. The molecule has 2 aliphatic carbocycles. The second kappa shape index (κ2) is 9.86. The number of aryl methyl sites for hydroxylation is 1. The van der Waals surface area contributed by atoms with E-state index in [1.54, 1.807) is 6.08 Å². The number of benzene rings is 1. The number of hydrogen-bond acceptors (Lipinski definition) is 4. The van der Waals surface area contributed by atoms with E-state index in [1.807, 2.05) is 0 Å². The lowest BCUT2D eigenvalue weighted by Gasteiger charge is -2.26. The van der Waals surface area contributed by atoms with Crippen LogP contribution in [0, 0.1) is 5.92 Å². The van der Waals surface area contributed by atoms with Crippen LogP contribution in [0.1, 0.15) is 61.1 Å². The SMILES string of the molecule is C=CCOCCC[C@@H]1CCc2cc([C@@H]3CC[C@@](N)(COP(=O)(O)O)C3)ccc2C1. The largest absolute Gasteiger partial charge is 0.469 e. The Hall–Kier alpha value is -1.01. The highest BCUT2D eigenvalue weighted by Gasteiger charge is 2.38. The molecule has 7 heteroatoms. The number of phosphoric ester groups is 1. The van der Waals surface area contributed by atoms with Crippen molar-refractivity contribution in [1.82, 2.24) is 0 Å². The first kappa shape index (κ1) is 22.7. The number of fused-ring (bicyclic) bond motifs is 1. The minimum atomic E-state index is -4.48. The van der Waals surface area contributed by atoms with Crippen LogP contribution in [0.4, 0.5) is 0 Å². The molecule has 1 aromatic rings. The second-order valence-electron chi connectivity index (χ2n) is 8.71. The predicted octanol–water partition coefficient (Wildman–Crippen LogP) is 3.85. The summed E-state index contributed by atoms with van der Waals surface area (Å²) in [6.07, 6.45) is 9.90. The van der Waals surface area contributed by atoms with E-state index in [-0.39, 0.29) is 6.61 Å². The fourth-order valence-corrected chi connectivity index (χ4v) is 5.20. The van der Waals surface area contributed by atoms with E-state index in [9.17, 15) is 4.57 Å². The summed E-state index contributed by atoms with van der Waals surface area (Å²) in [5.74, 6) is 1.05. The molecule has 0 aromatic heterocycles. The van der Waals surface area contributed by atoms with Crippen LogP contribution >= 0.6 is 7.82 Å². The van der Waals surface area contributed by atoms with Gasteiger partial charge in [-0.15, -0.1) is 6.58 Å². The quantitative estimate of drug-likeness (QED) is 0.300. The zero-order valence-corrected chi connectivity index (χ0v) is 18.0. The molecule has 0 spiro atoms. The van der Waals surface area contributed by atoms with Crippen molar-refractivity contribution in [2.75, 3.05) is 19.8 Å². The lowest BCUT2D eigenvalue weighted by molar-refractivity contribution is 0.152. The van der Waals surface area contributed by atoms with Crippen molar-refractivity contribution in [3.8, 4) is 0 Å². The van der Waals surface area contributed by atoms with E-state index in [0.717, 1.165) is 38.2 Å². The average Bonchev–Trinajstić information content (AvgIpc) is 3.08. The van der Waals surface area contributed by atoms with Crippen molar-refractivity contribution in [2.24, 2.45) is 11.7 Å². The van der Waals surface area contributed by atoms with E-state index >= 15 is 0 Å². The van der Waals surface area contributed by atoms with Gasteiger partial charge in [0.05, 0.1) is 13.2 Å². The number of nitrogens with two attached hydrogens (primary N) is 1. The first-order chi connectivity index (χ1) is 13.8. The third-order valence-corrected chi connectivity index (χ3v) is 6.80. The van der Waals surface area contributed by atoms with Crippen LogP contribution < -0.4 is 5.73 Å². The molecular weight excluding hydrogens is 389 g/mol. The van der Waals surface area contributed by atoms with E-state index in [2.05, 4.69) is 29.3 Å². The van der Waals surface area contributed by atoms with Gasteiger partial charge in [-0.25, -0.2) is 4.57 Å². The molecule has 3 atom stereocenters. The summed E-state index contributed by atoms with van der Waals surface area (Å²) in [4.78, 5) is 17.9. The van der Waals surface area contributed by atoms with E-state index in [1.165, 1.54) is 29.5 Å². The van der Waals surface area contributed by atoms with Crippen molar-refractivity contribution in [2.45, 2.75) is 62.8 Å². The molecule has 1 saturated carbocycles. The minimum Gasteiger partial charge on any atom is -0.377 e. The molecule has 0 unspecified atom stereocenters. The summed E-state index contributed by atoms with van der Waals surface area (Å²) >= 11 is 0. The van der Waals surface area contributed by atoms with Gasteiger partial charge in [-0.05, 0) is 79.9 Å². The van der Waals surface area contributed by atoms with Gasteiger partial charge in [-0.1, -0.05) is 24.3 Å². The maximum Gasteiger partial charge on any atom is 0.469 e. The average molecular weight is 423 g/mol. The van der Waals surface area contributed by atoms with Crippen LogP contribution in [0.15, 0.2) is 30.9 Å². The number of hydrogen-bond donors (Lipinski definition) is 3. The summed E-state index contributed by atoms with van der Waals surface area (Å²) in [5, 5.41) is 0. The van der Waals surface area contributed by atoms with Gasteiger partial charge in [0.1, 0.15) is 0 Å². The molecule has 0 heterocycles. The molecule has 0 bridgehead atoms. The summed E-state index contributed by atoms with van der Waals surface area (Å²) < 4.78 is 21.2. The van der Waals surface area contributed by atoms with Gasteiger partial charge in [-0.3, -0.25) is 4.52 Å². The van der Waals surface area contributed by atoms with Gasteiger partial charge in [0, 0.05) is 12.1 Å². The third-order valence-electron chi connectivity index (χ3n) is 6.33. The first-order valence-corrected chi connectivity index (χ1v) is 12.1. The van der Waals surface area contributed by atoms with Crippen LogP contribution in [0.3, 0.4) is 0 Å². The monoisotopic (exact) mass is 423 g/mol. The standard InChI is InChI=1S/C22H34NO5P/c1-2-11-27-12-3-4-17-5-6-19-14-20(8-7-18(19)13-17)21-9-10-22(23,15-21)16-28-29(24,25)26/h2,7-8,14,17,21H,1,3-6,9-13,15-16,23H2,(H2,24,25,26)/t17-,21-,22+/m1/s1. The zero-order chi connectivity index (χ0) is 20.9. The van der Waals surface area contributed by atoms with Crippen molar-refractivity contribution in [1.29, 1.82) is 0 Å². The molecule has 1 aromatic carbocycles. The minimum absolute atomic E-state index is 0.100. The van der Waals surface area contributed by atoms with Crippen LogP contribution in [-0.4, -0.2) is 35.1 Å². The molecule has 3 rings (SSSR count). The Morgan fingerprint density at radius 2 is 2.14 bits per heavy atom. The Bertz CT molecular complexity index is 749. The van der Waals surface area contributed by atoms with Crippen LogP contribution in [0.2, 0.25) is 0 Å². The molecular formula is C22H34NO5P. The summed E-state index contributed by atoms with van der Waals surface area (Å²) in [6.45, 7) is 5.01. The van der Waals surface area contributed by atoms with Crippen LogP contribution in [0.5, 0.6) is 0 Å². The maximum absolute atomic E-state index is 11.0. The van der Waals surface area contributed by atoms with E-state index in [4.69, 9.17) is 20.3 Å². The van der Waals surface area contributed by atoms with Crippen LogP contribution in [-0.2, 0) is 26.7 Å². The lowest BCUT2D eigenvalue weighted by atomic mass is 9.80. The van der Waals surface area contributed by atoms with Crippen molar-refractivity contribution >= 4 is 7.82 Å². The molecule has 1 fully saturated rings. The van der Waals surface area contributed by atoms with Gasteiger partial charge in [0.25, 0.3) is 0 Å². The highest BCUT2D eigenvalue weighted by Crippen LogP contribution is 2.44. The van der Waals surface area contributed by atoms with Gasteiger partial charge < -0.3 is 20.3 Å². The predicted molar refractivity (Wildman–Crippen MR) is 114 cm³/mol. The number of ether oxygens (including phenoxy) is 1. The zero-order valence-electron chi connectivity index (χ0n) is 17.1. The normalized spacial score (nSPS) is 27.0. The molecule has 162 valence electrons. The Morgan fingerprint density at radius 1 is 1.31 bits per heavy atom. The molecule has 0 radical (unpaired) electrons. The van der Waals surface area contributed by atoms with E-state index in [0.29, 0.717) is 25.4 Å². The van der Waals surface area contributed by atoms with Crippen molar-refractivity contribution < 1.29 is 23.6 Å². The van der Waals surface area contributed by atoms with Gasteiger partial charge in [-0.2, -0.15) is 0 Å². The first-order valence-electron chi connectivity index (χ1n) is 10.6. The van der Waals surface area contributed by atoms with Crippen molar-refractivity contribution in [3.05, 3.63) is 47.5 Å². The molecule has 6 nitrogen and oxygen atoms in total. The highest BCUT2D eigenvalue weighted by atomic mass is 31.2. The lowest BCUT2D eigenvalue weighted by Crippen LogP contribution is -2.41. The summed E-state index contributed by atoms with van der Waals surface area (Å²) in [7, 11) is -4.48. The van der Waals surface area contributed by atoms with Crippen LogP contribution in [0.25, 0.3) is 0 Å². The molecule has 4 N–H and O–H groups in total. The Labute approximate surface area is 173 Å². The second-order valence-corrected chi connectivity index (χ2v) is 9.95. The summed E-state index contributed by atoms with van der Waals surface area (Å²) in [6, 6.07) is 6.82. The molecule has 29 heavy (non-hydrogen) atoms. The van der Waals surface area contributed by atoms with Crippen molar-refractivity contribution in [3.63, 3.8) is 0 Å². The topological polar surface area (TPSA) is 102 Å².